The maximum absolute atomic E-state index is 4.23. The predicted molar refractivity (Wildman–Crippen MR) is 260 cm³/mol. The van der Waals surface area contributed by atoms with Gasteiger partial charge < -0.3 is 10.6 Å². The van der Waals surface area contributed by atoms with Crippen molar-refractivity contribution in [3.05, 3.63) is 170 Å². The van der Waals surface area contributed by atoms with Gasteiger partial charge in [0.05, 0.1) is 0 Å². The number of hydrogen-bond acceptors (Lipinski definition) is 2. The summed E-state index contributed by atoms with van der Waals surface area (Å²) in [5, 5.41) is 29.2. The Balaban J connectivity index is 1.27. The summed E-state index contributed by atoms with van der Waals surface area (Å²) in [6, 6.07) is 64.5. The van der Waals surface area contributed by atoms with E-state index in [2.05, 4.69) is 208 Å². The molecule has 2 nitrogen and oxygen atoms in total. The standard InChI is InChI=1S/C54H44N2P2/c1-33(2)57-51-29-41-19-11-9-17-39(41)25-47(51)55-50-28-44-22-36-14-6-8-16-38(36)24-46(44)32-54(50)58(34(3)4)52-30-42-20-12-10-18-40(42)26-48(52)56-49-27-43-21-35-13-5-7-15-37(35)23-45(43)31-53(49)57/h5-34,55-56H,1-4H3. The van der Waals surface area contributed by atoms with Gasteiger partial charge in [-0.1, -0.05) is 125 Å². The minimum Gasteiger partial charge on any atom is -0.354 e. The second-order valence-corrected chi connectivity index (χ2v) is 21.9. The molecule has 0 spiro atoms. The summed E-state index contributed by atoms with van der Waals surface area (Å²) in [6.07, 6.45) is 0. The van der Waals surface area contributed by atoms with Crippen molar-refractivity contribution in [2.45, 2.75) is 39.0 Å². The number of benzene rings is 10. The van der Waals surface area contributed by atoms with E-state index in [1.165, 1.54) is 109 Å². The first-order chi connectivity index (χ1) is 28.3. The number of rotatable bonds is 2. The van der Waals surface area contributed by atoms with Crippen molar-refractivity contribution in [1.29, 1.82) is 0 Å². The van der Waals surface area contributed by atoms with Gasteiger partial charge >= 0.3 is 0 Å². The zero-order chi connectivity index (χ0) is 39.1. The van der Waals surface area contributed by atoms with E-state index in [0.717, 1.165) is 0 Å². The predicted octanol–water partition coefficient (Wildman–Crippen LogP) is 14.1. The monoisotopic (exact) mass is 782 g/mol. The van der Waals surface area contributed by atoms with E-state index in [4.69, 9.17) is 0 Å². The van der Waals surface area contributed by atoms with Crippen LogP contribution in [0.3, 0.4) is 0 Å². The largest absolute Gasteiger partial charge is 0.354 e. The van der Waals surface area contributed by atoms with E-state index in [1.54, 1.807) is 0 Å². The van der Waals surface area contributed by atoms with E-state index >= 15 is 0 Å². The van der Waals surface area contributed by atoms with Gasteiger partial charge in [-0.05, 0) is 165 Å². The molecule has 2 atom stereocenters. The molecular formula is C54H44N2P2. The molecule has 4 heteroatoms. The lowest BCUT2D eigenvalue weighted by Crippen LogP contribution is -2.27. The topological polar surface area (TPSA) is 24.1 Å². The quantitative estimate of drug-likeness (QED) is 0.135. The van der Waals surface area contributed by atoms with Crippen molar-refractivity contribution < 1.29 is 0 Å². The summed E-state index contributed by atoms with van der Waals surface area (Å²) in [6.45, 7) is 9.65. The highest BCUT2D eigenvalue weighted by molar-refractivity contribution is 7.74. The minimum atomic E-state index is -0.860. The van der Waals surface area contributed by atoms with Gasteiger partial charge in [0.15, 0.2) is 0 Å². The molecular weight excluding hydrogens is 739 g/mol. The number of anilines is 4. The van der Waals surface area contributed by atoms with Crippen LogP contribution in [0.25, 0.3) is 64.6 Å². The first-order valence-corrected chi connectivity index (χ1v) is 23.3. The lowest BCUT2D eigenvalue weighted by atomic mass is 10.0. The zero-order valence-corrected chi connectivity index (χ0v) is 35.0. The van der Waals surface area contributed by atoms with Crippen LogP contribution in [-0.2, 0) is 0 Å². The third kappa shape index (κ3) is 6.02. The van der Waals surface area contributed by atoms with Crippen LogP contribution >= 0.6 is 15.8 Å². The smallest absolute Gasteiger partial charge is 0.0472 e. The third-order valence-electron chi connectivity index (χ3n) is 12.0. The lowest BCUT2D eigenvalue weighted by molar-refractivity contribution is 1.10. The van der Waals surface area contributed by atoms with Crippen LogP contribution in [0.5, 0.6) is 0 Å². The van der Waals surface area contributed by atoms with Crippen molar-refractivity contribution >= 4 is 124 Å². The van der Waals surface area contributed by atoms with Crippen LogP contribution in [0.15, 0.2) is 170 Å². The molecule has 2 unspecified atom stereocenters. The molecule has 0 saturated carbocycles. The second kappa shape index (κ2) is 14.0. The first kappa shape index (κ1) is 35.4. The van der Waals surface area contributed by atoms with E-state index in [-0.39, 0.29) is 0 Å². The third-order valence-corrected chi connectivity index (χ3v) is 17.6. The Hall–Kier alpha value is -5.78. The van der Waals surface area contributed by atoms with Crippen LogP contribution in [0.4, 0.5) is 22.7 Å². The highest BCUT2D eigenvalue weighted by Crippen LogP contribution is 2.50. The molecule has 0 aliphatic carbocycles. The summed E-state index contributed by atoms with van der Waals surface area (Å²) >= 11 is 0. The molecule has 1 heterocycles. The van der Waals surface area contributed by atoms with E-state index in [9.17, 15) is 0 Å². The summed E-state index contributed by atoms with van der Waals surface area (Å²) in [7, 11) is -1.72. The average molecular weight is 783 g/mol. The molecule has 0 aromatic heterocycles. The molecule has 0 fully saturated rings. The molecule has 11 rings (SSSR count). The Bertz CT molecular complexity index is 3050. The van der Waals surface area contributed by atoms with Crippen molar-refractivity contribution in [3.8, 4) is 0 Å². The average Bonchev–Trinajstić information content (AvgIpc) is 3.22. The zero-order valence-electron chi connectivity index (χ0n) is 33.2. The van der Waals surface area contributed by atoms with Crippen molar-refractivity contribution in [1.82, 2.24) is 0 Å². The van der Waals surface area contributed by atoms with Crippen LogP contribution in [0.2, 0.25) is 0 Å². The van der Waals surface area contributed by atoms with Crippen molar-refractivity contribution in [2.24, 2.45) is 0 Å². The SMILES string of the molecule is CC(C)P1c2cc3ccccc3cc2Nc2cc3cc4ccccc4cc3cc2P(C(C)C)c2cc3ccccc3cc2Nc2cc3cc4ccccc4cc3cc21. The molecule has 58 heavy (non-hydrogen) atoms. The summed E-state index contributed by atoms with van der Waals surface area (Å²) in [4.78, 5) is 0. The summed E-state index contributed by atoms with van der Waals surface area (Å²) in [5.74, 6) is 0. The first-order valence-electron chi connectivity index (χ1n) is 20.5. The van der Waals surface area contributed by atoms with Gasteiger partial charge in [0.2, 0.25) is 0 Å². The Labute approximate surface area is 342 Å². The Morgan fingerprint density at radius 1 is 0.276 bits per heavy atom. The molecule has 0 bridgehead atoms. The van der Waals surface area contributed by atoms with Crippen LogP contribution in [0, 0.1) is 0 Å². The fourth-order valence-corrected chi connectivity index (χ4v) is 14.7. The van der Waals surface area contributed by atoms with Gasteiger partial charge in [-0.15, -0.1) is 0 Å². The van der Waals surface area contributed by atoms with Gasteiger partial charge in [0.25, 0.3) is 0 Å². The van der Waals surface area contributed by atoms with Crippen LogP contribution in [0.1, 0.15) is 27.7 Å². The maximum Gasteiger partial charge on any atom is 0.0472 e. The van der Waals surface area contributed by atoms with E-state index in [0.29, 0.717) is 11.3 Å². The molecule has 0 amide bonds. The van der Waals surface area contributed by atoms with Gasteiger partial charge in [-0.3, -0.25) is 0 Å². The molecule has 0 saturated heterocycles. The lowest BCUT2D eigenvalue weighted by Gasteiger charge is -2.33. The highest BCUT2D eigenvalue weighted by Gasteiger charge is 2.30. The fraction of sp³-hybridized carbons (Fsp3) is 0.111. The molecule has 0 radical (unpaired) electrons. The van der Waals surface area contributed by atoms with Gasteiger partial charge in [0, 0.05) is 44.0 Å². The number of fused-ring (bicyclic) bond motifs is 10. The highest BCUT2D eigenvalue weighted by atomic mass is 31.1. The van der Waals surface area contributed by atoms with Gasteiger partial charge in [-0.2, -0.15) is 0 Å². The second-order valence-electron chi connectivity index (χ2n) is 16.4. The summed E-state index contributed by atoms with van der Waals surface area (Å²) in [5.41, 5.74) is 5.52. The van der Waals surface area contributed by atoms with Crippen LogP contribution < -0.4 is 31.9 Å². The number of nitrogens with one attached hydrogen (secondary N) is 2. The Morgan fingerprint density at radius 2 is 0.483 bits per heavy atom. The molecule has 10 aromatic rings. The number of hydrogen-bond donors (Lipinski definition) is 2. The molecule has 1 aliphatic heterocycles. The Kier molecular flexibility index (Phi) is 8.51. The van der Waals surface area contributed by atoms with Crippen LogP contribution in [-0.4, -0.2) is 11.3 Å². The normalized spacial score (nSPS) is 15.5. The van der Waals surface area contributed by atoms with E-state index < -0.39 is 15.8 Å². The van der Waals surface area contributed by atoms with Gasteiger partial charge in [0.1, 0.15) is 0 Å². The molecule has 280 valence electrons. The fourth-order valence-electron chi connectivity index (χ4n) is 9.28. The Morgan fingerprint density at radius 3 is 0.759 bits per heavy atom. The van der Waals surface area contributed by atoms with Gasteiger partial charge in [-0.25, -0.2) is 0 Å². The maximum atomic E-state index is 4.23. The summed E-state index contributed by atoms with van der Waals surface area (Å²) < 4.78 is 0. The molecule has 10 aromatic carbocycles. The van der Waals surface area contributed by atoms with E-state index in [1.807, 2.05) is 0 Å². The molecule has 1 aliphatic rings. The minimum absolute atomic E-state index is 0.365. The van der Waals surface area contributed by atoms with Crippen molar-refractivity contribution in [2.75, 3.05) is 10.6 Å². The molecule has 2 N–H and O–H groups in total. The van der Waals surface area contributed by atoms with Crippen molar-refractivity contribution in [3.63, 3.8) is 0 Å².